The lowest BCUT2D eigenvalue weighted by molar-refractivity contribution is 0.102. The molecule has 1 atom stereocenters. The molecule has 1 saturated heterocycles. The number of hydrogen-bond acceptors (Lipinski definition) is 4. The lowest BCUT2D eigenvalue weighted by atomic mass is 10.1. The number of benzene rings is 2. The van der Waals surface area contributed by atoms with Crippen LogP contribution in [0.4, 0.5) is 10.1 Å². The maximum absolute atomic E-state index is 14.3. The Balaban J connectivity index is 1.52. The minimum absolute atomic E-state index is 0.252. The Morgan fingerprint density at radius 1 is 1.26 bits per heavy atom. The molecule has 1 fully saturated rings. The zero-order valence-corrected chi connectivity index (χ0v) is 14.6. The maximum atomic E-state index is 14.3. The summed E-state index contributed by atoms with van der Waals surface area (Å²) >= 11 is 0. The average Bonchev–Trinajstić information content (AvgIpc) is 3.36. The summed E-state index contributed by atoms with van der Waals surface area (Å²) in [6.07, 6.45) is 2.71. The van der Waals surface area contributed by atoms with Crippen molar-refractivity contribution in [3.63, 3.8) is 0 Å². The second-order valence-corrected chi connectivity index (χ2v) is 6.57. The largest absolute Gasteiger partial charge is 0.381 e. The number of aromatic nitrogens is 3. The van der Waals surface area contributed by atoms with E-state index in [9.17, 15) is 9.18 Å². The van der Waals surface area contributed by atoms with Crippen molar-refractivity contribution in [1.82, 2.24) is 15.0 Å². The first kappa shape index (κ1) is 17.4. The van der Waals surface area contributed by atoms with E-state index in [0.29, 0.717) is 41.6 Å². The maximum Gasteiger partial charge on any atom is 0.255 e. The Morgan fingerprint density at radius 3 is 2.89 bits per heavy atom. The molecule has 2 heterocycles. The van der Waals surface area contributed by atoms with Gasteiger partial charge in [-0.1, -0.05) is 23.4 Å². The van der Waals surface area contributed by atoms with Gasteiger partial charge in [0.05, 0.1) is 12.8 Å². The van der Waals surface area contributed by atoms with E-state index in [4.69, 9.17) is 4.74 Å². The van der Waals surface area contributed by atoms with Crippen molar-refractivity contribution in [2.24, 2.45) is 5.92 Å². The zero-order valence-electron chi connectivity index (χ0n) is 14.6. The molecular weight excluding hydrogens is 347 g/mol. The fraction of sp³-hybridized carbons (Fsp3) is 0.250. The molecule has 4 rings (SSSR count). The number of hydrogen-bond donors (Lipinski definition) is 1. The molecule has 6 nitrogen and oxygen atoms in total. The molecule has 0 saturated carbocycles. The first-order chi connectivity index (χ1) is 13.2. The van der Waals surface area contributed by atoms with Crippen LogP contribution in [0.1, 0.15) is 16.8 Å². The summed E-state index contributed by atoms with van der Waals surface area (Å²) in [6.45, 7) is 2.17. The van der Waals surface area contributed by atoms with Crippen LogP contribution in [0, 0.1) is 11.7 Å². The van der Waals surface area contributed by atoms with Gasteiger partial charge in [0.2, 0.25) is 0 Å². The smallest absolute Gasteiger partial charge is 0.255 e. The third kappa shape index (κ3) is 4.03. The first-order valence-corrected chi connectivity index (χ1v) is 8.83. The van der Waals surface area contributed by atoms with Gasteiger partial charge < -0.3 is 10.1 Å². The van der Waals surface area contributed by atoms with E-state index in [-0.39, 0.29) is 5.91 Å². The highest BCUT2D eigenvalue weighted by Crippen LogP contribution is 2.25. The molecular formula is C20H19FN4O2. The molecule has 1 aromatic heterocycles. The molecule has 0 radical (unpaired) electrons. The Labute approximate surface area is 156 Å². The summed E-state index contributed by atoms with van der Waals surface area (Å²) in [4.78, 5) is 12.3. The summed E-state index contributed by atoms with van der Waals surface area (Å²) in [6, 6.07) is 13.3. The van der Waals surface area contributed by atoms with Gasteiger partial charge in [0.25, 0.3) is 5.91 Å². The Bertz CT molecular complexity index is 936. The minimum Gasteiger partial charge on any atom is -0.381 e. The van der Waals surface area contributed by atoms with Gasteiger partial charge in [-0.2, -0.15) is 0 Å². The number of rotatable bonds is 5. The van der Waals surface area contributed by atoms with Crippen molar-refractivity contribution >= 4 is 11.6 Å². The number of nitrogens with one attached hydrogen (secondary N) is 1. The highest BCUT2D eigenvalue weighted by atomic mass is 19.1. The molecule has 1 N–H and O–H groups in total. The molecule has 2 aromatic carbocycles. The monoisotopic (exact) mass is 366 g/mol. The van der Waals surface area contributed by atoms with Crippen LogP contribution >= 0.6 is 0 Å². The van der Waals surface area contributed by atoms with Crippen molar-refractivity contribution < 1.29 is 13.9 Å². The van der Waals surface area contributed by atoms with Gasteiger partial charge in [-0.25, -0.2) is 4.39 Å². The van der Waals surface area contributed by atoms with E-state index < -0.39 is 5.82 Å². The van der Waals surface area contributed by atoms with Crippen LogP contribution in [0.5, 0.6) is 0 Å². The normalized spacial score (nSPS) is 16.4. The molecule has 1 aliphatic heterocycles. The number of ether oxygens (including phenoxy) is 1. The summed E-state index contributed by atoms with van der Waals surface area (Å²) in [5.74, 6) is -0.261. The topological polar surface area (TPSA) is 69.0 Å². The van der Waals surface area contributed by atoms with Crippen molar-refractivity contribution in [1.29, 1.82) is 0 Å². The molecule has 1 aliphatic rings. The van der Waals surface area contributed by atoms with E-state index in [2.05, 4.69) is 15.6 Å². The number of halogens is 1. The van der Waals surface area contributed by atoms with E-state index in [1.807, 2.05) is 6.07 Å². The lowest BCUT2D eigenvalue weighted by Crippen LogP contribution is -2.11. The van der Waals surface area contributed by atoms with Crippen LogP contribution in [0.25, 0.3) is 11.3 Å². The van der Waals surface area contributed by atoms with E-state index in [0.717, 1.165) is 13.0 Å². The molecule has 0 spiro atoms. The van der Waals surface area contributed by atoms with Crippen LogP contribution < -0.4 is 5.32 Å². The fourth-order valence-electron chi connectivity index (χ4n) is 3.10. The van der Waals surface area contributed by atoms with Gasteiger partial charge in [-0.3, -0.25) is 9.48 Å². The van der Waals surface area contributed by atoms with Gasteiger partial charge in [-0.05, 0) is 36.8 Å². The second-order valence-electron chi connectivity index (χ2n) is 6.57. The quantitative estimate of drug-likeness (QED) is 0.752. The van der Waals surface area contributed by atoms with Crippen LogP contribution in [0.15, 0.2) is 54.7 Å². The summed E-state index contributed by atoms with van der Waals surface area (Å²) in [5, 5.41) is 11.0. The molecule has 27 heavy (non-hydrogen) atoms. The number of anilines is 1. The SMILES string of the molecule is O=C(Nc1ccc(F)c(-c2cn(CC3CCOC3)nn2)c1)c1ccccc1. The molecule has 3 aromatic rings. The third-order valence-corrected chi connectivity index (χ3v) is 4.54. The molecule has 1 unspecified atom stereocenters. The molecule has 0 bridgehead atoms. The van der Waals surface area contributed by atoms with Gasteiger partial charge in [-0.15, -0.1) is 5.10 Å². The summed E-state index contributed by atoms with van der Waals surface area (Å²) < 4.78 is 21.4. The fourth-order valence-corrected chi connectivity index (χ4v) is 3.10. The third-order valence-electron chi connectivity index (χ3n) is 4.54. The standard InChI is InChI=1S/C20H19FN4O2/c21-18-7-6-16(22-20(26)15-4-2-1-3-5-15)10-17(18)19-12-25(24-23-19)11-14-8-9-27-13-14/h1-7,10,12,14H,8-9,11,13H2,(H,22,26). The van der Waals surface area contributed by atoms with Gasteiger partial charge >= 0.3 is 0 Å². The summed E-state index contributed by atoms with van der Waals surface area (Å²) in [5.41, 5.74) is 1.77. The highest BCUT2D eigenvalue weighted by molar-refractivity contribution is 6.04. The van der Waals surface area contributed by atoms with Crippen molar-refractivity contribution in [2.75, 3.05) is 18.5 Å². The Kier molecular flexibility index (Phi) is 4.93. The number of carbonyl (C=O) groups excluding carboxylic acids is 1. The van der Waals surface area contributed by atoms with Crippen molar-refractivity contribution in [3.05, 3.63) is 66.1 Å². The van der Waals surface area contributed by atoms with Crippen molar-refractivity contribution in [2.45, 2.75) is 13.0 Å². The predicted octanol–water partition coefficient (Wildman–Crippen LogP) is 3.37. The second kappa shape index (κ2) is 7.67. The molecule has 0 aliphatic carbocycles. The van der Waals surface area contributed by atoms with E-state index in [1.165, 1.54) is 12.1 Å². The average molecular weight is 366 g/mol. The molecule has 7 heteroatoms. The van der Waals surface area contributed by atoms with Crippen LogP contribution in [-0.4, -0.2) is 34.1 Å². The zero-order chi connectivity index (χ0) is 18.6. The summed E-state index contributed by atoms with van der Waals surface area (Å²) in [7, 11) is 0. The highest BCUT2D eigenvalue weighted by Gasteiger charge is 2.18. The van der Waals surface area contributed by atoms with Crippen LogP contribution in [0.2, 0.25) is 0 Å². The van der Waals surface area contributed by atoms with Crippen LogP contribution in [0.3, 0.4) is 0 Å². The molecule has 1 amide bonds. The van der Waals surface area contributed by atoms with Gasteiger partial charge in [0.15, 0.2) is 0 Å². The number of carbonyl (C=O) groups is 1. The predicted molar refractivity (Wildman–Crippen MR) is 98.7 cm³/mol. The van der Waals surface area contributed by atoms with Gasteiger partial charge in [0, 0.05) is 35.9 Å². The van der Waals surface area contributed by atoms with E-state index in [1.54, 1.807) is 41.2 Å². The van der Waals surface area contributed by atoms with Crippen LogP contribution in [-0.2, 0) is 11.3 Å². The van der Waals surface area contributed by atoms with Gasteiger partial charge in [0.1, 0.15) is 11.5 Å². The van der Waals surface area contributed by atoms with Crippen molar-refractivity contribution in [3.8, 4) is 11.3 Å². The number of amides is 1. The molecule has 138 valence electrons. The Morgan fingerprint density at radius 2 is 2.11 bits per heavy atom. The first-order valence-electron chi connectivity index (χ1n) is 8.83. The minimum atomic E-state index is -0.413. The number of nitrogens with zero attached hydrogens (tertiary/aromatic N) is 3. The Hall–Kier alpha value is -3.06. The van der Waals surface area contributed by atoms with E-state index >= 15 is 0 Å². The lowest BCUT2D eigenvalue weighted by Gasteiger charge is -2.08.